The second-order valence-electron chi connectivity index (χ2n) is 5.89. The molecular formula is C18H28O3. The standard InChI is InChI=1S/C18H28O3/c1-2-3-4-5-6-7-11-16-12-8-9-13-17(16)21-18(19)14-10-15-20-18/h8-9,12-13,19H,2-7,10-11,14-15H2,1H3. The smallest absolute Gasteiger partial charge is 0.324 e. The summed E-state index contributed by atoms with van der Waals surface area (Å²) in [5.74, 6) is -0.660. The minimum absolute atomic E-state index is 0.540. The van der Waals surface area contributed by atoms with Gasteiger partial charge in [-0.2, -0.15) is 0 Å². The molecule has 1 aliphatic rings. The van der Waals surface area contributed by atoms with Crippen molar-refractivity contribution < 1.29 is 14.6 Å². The third-order valence-electron chi connectivity index (χ3n) is 4.01. The molecule has 1 saturated heterocycles. The maximum absolute atomic E-state index is 10.2. The molecule has 0 saturated carbocycles. The van der Waals surface area contributed by atoms with Crippen LogP contribution < -0.4 is 4.74 Å². The zero-order chi connectivity index (χ0) is 15.0. The predicted molar refractivity (Wildman–Crippen MR) is 84.3 cm³/mol. The van der Waals surface area contributed by atoms with Crippen molar-refractivity contribution >= 4 is 0 Å². The first-order valence-corrected chi connectivity index (χ1v) is 8.37. The highest BCUT2D eigenvalue weighted by molar-refractivity contribution is 5.33. The Balaban J connectivity index is 1.82. The zero-order valence-corrected chi connectivity index (χ0v) is 13.1. The maximum Gasteiger partial charge on any atom is 0.324 e. The highest BCUT2D eigenvalue weighted by Gasteiger charge is 2.35. The summed E-state index contributed by atoms with van der Waals surface area (Å²) in [6, 6.07) is 7.98. The normalized spacial score (nSPS) is 21.6. The maximum atomic E-state index is 10.2. The number of ether oxygens (including phenoxy) is 2. The topological polar surface area (TPSA) is 38.7 Å². The van der Waals surface area contributed by atoms with Crippen molar-refractivity contribution in [1.82, 2.24) is 0 Å². The Kier molecular flexibility index (Phi) is 6.52. The number of para-hydroxylation sites is 1. The van der Waals surface area contributed by atoms with Crippen LogP contribution in [0.25, 0.3) is 0 Å². The van der Waals surface area contributed by atoms with Gasteiger partial charge in [-0.15, -0.1) is 0 Å². The summed E-state index contributed by atoms with van der Waals surface area (Å²) in [5, 5.41) is 10.2. The molecule has 2 rings (SSSR count). The van der Waals surface area contributed by atoms with E-state index >= 15 is 0 Å². The van der Waals surface area contributed by atoms with Crippen LogP contribution in [0.4, 0.5) is 0 Å². The molecule has 1 N–H and O–H groups in total. The second kappa shape index (κ2) is 8.40. The van der Waals surface area contributed by atoms with E-state index in [-0.39, 0.29) is 0 Å². The lowest BCUT2D eigenvalue weighted by Crippen LogP contribution is -2.34. The monoisotopic (exact) mass is 292 g/mol. The van der Waals surface area contributed by atoms with E-state index in [9.17, 15) is 5.11 Å². The lowest BCUT2D eigenvalue weighted by molar-refractivity contribution is -0.294. The van der Waals surface area contributed by atoms with Crippen molar-refractivity contribution in [1.29, 1.82) is 0 Å². The lowest BCUT2D eigenvalue weighted by Gasteiger charge is -2.24. The van der Waals surface area contributed by atoms with Crippen LogP contribution in [0.15, 0.2) is 24.3 Å². The van der Waals surface area contributed by atoms with Gasteiger partial charge in [-0.25, -0.2) is 0 Å². The van der Waals surface area contributed by atoms with Crippen molar-refractivity contribution in [3.05, 3.63) is 29.8 Å². The number of aryl methyl sites for hydroxylation is 1. The van der Waals surface area contributed by atoms with Crippen LogP contribution in [0.5, 0.6) is 5.75 Å². The predicted octanol–water partition coefficient (Wildman–Crippen LogP) is 4.42. The van der Waals surface area contributed by atoms with Gasteiger partial charge >= 0.3 is 5.97 Å². The highest BCUT2D eigenvalue weighted by Crippen LogP contribution is 2.30. The van der Waals surface area contributed by atoms with Crippen LogP contribution in [-0.2, 0) is 11.2 Å². The van der Waals surface area contributed by atoms with Gasteiger partial charge in [0.2, 0.25) is 0 Å². The molecule has 1 heterocycles. The minimum atomic E-state index is -1.42. The summed E-state index contributed by atoms with van der Waals surface area (Å²) < 4.78 is 11.0. The van der Waals surface area contributed by atoms with Gasteiger partial charge < -0.3 is 14.6 Å². The van der Waals surface area contributed by atoms with Gasteiger partial charge in [0, 0.05) is 6.42 Å². The van der Waals surface area contributed by atoms with E-state index in [0.29, 0.717) is 13.0 Å². The van der Waals surface area contributed by atoms with Gasteiger partial charge in [-0.3, -0.25) is 0 Å². The second-order valence-corrected chi connectivity index (χ2v) is 5.89. The summed E-state index contributed by atoms with van der Waals surface area (Å²) in [5.41, 5.74) is 1.16. The Morgan fingerprint density at radius 3 is 2.67 bits per heavy atom. The summed E-state index contributed by atoms with van der Waals surface area (Å²) in [4.78, 5) is 0. The Hall–Kier alpha value is -1.06. The van der Waals surface area contributed by atoms with Crippen molar-refractivity contribution in [3.63, 3.8) is 0 Å². The number of rotatable bonds is 9. The van der Waals surface area contributed by atoms with Gasteiger partial charge in [-0.05, 0) is 30.9 Å². The molecule has 3 heteroatoms. The fraction of sp³-hybridized carbons (Fsp3) is 0.667. The van der Waals surface area contributed by atoms with Crippen molar-refractivity contribution in [2.75, 3.05) is 6.61 Å². The number of benzene rings is 1. The molecular weight excluding hydrogens is 264 g/mol. The summed E-state index contributed by atoms with van der Waals surface area (Å²) in [6.45, 7) is 2.81. The van der Waals surface area contributed by atoms with Crippen LogP contribution in [0, 0.1) is 0 Å². The summed E-state index contributed by atoms with van der Waals surface area (Å²) in [7, 11) is 0. The van der Waals surface area contributed by atoms with Crippen LogP contribution in [-0.4, -0.2) is 17.7 Å². The molecule has 0 bridgehead atoms. The minimum Gasteiger partial charge on any atom is -0.439 e. The van der Waals surface area contributed by atoms with E-state index in [2.05, 4.69) is 13.0 Å². The molecule has 21 heavy (non-hydrogen) atoms. The fourth-order valence-corrected chi connectivity index (χ4v) is 2.76. The molecule has 1 aromatic carbocycles. The van der Waals surface area contributed by atoms with E-state index in [0.717, 1.165) is 24.2 Å². The number of hydrogen-bond acceptors (Lipinski definition) is 3. The van der Waals surface area contributed by atoms with Gasteiger partial charge in [0.05, 0.1) is 6.61 Å². The SMILES string of the molecule is CCCCCCCCc1ccccc1OC1(O)CCCO1. The molecule has 0 aliphatic carbocycles. The number of unbranched alkanes of at least 4 members (excludes halogenated alkanes) is 5. The van der Waals surface area contributed by atoms with E-state index in [1.807, 2.05) is 18.2 Å². The Labute approximate surface area is 128 Å². The first-order valence-electron chi connectivity index (χ1n) is 8.37. The Morgan fingerprint density at radius 1 is 1.14 bits per heavy atom. The molecule has 3 nitrogen and oxygen atoms in total. The van der Waals surface area contributed by atoms with E-state index in [4.69, 9.17) is 9.47 Å². The first kappa shape index (κ1) is 16.3. The van der Waals surface area contributed by atoms with Gasteiger partial charge in [0.15, 0.2) is 0 Å². The largest absolute Gasteiger partial charge is 0.439 e. The van der Waals surface area contributed by atoms with Gasteiger partial charge in [0.25, 0.3) is 0 Å². The van der Waals surface area contributed by atoms with Gasteiger partial charge in [-0.1, -0.05) is 57.2 Å². The highest BCUT2D eigenvalue weighted by atomic mass is 16.8. The molecule has 0 amide bonds. The van der Waals surface area contributed by atoms with Crippen molar-refractivity contribution in [3.8, 4) is 5.75 Å². The molecule has 1 unspecified atom stereocenters. The molecule has 1 aromatic rings. The summed E-state index contributed by atoms with van der Waals surface area (Å²) >= 11 is 0. The molecule has 1 fully saturated rings. The average Bonchev–Trinajstić information content (AvgIpc) is 2.91. The van der Waals surface area contributed by atoms with E-state index in [1.165, 1.54) is 38.5 Å². The average molecular weight is 292 g/mol. The first-order chi connectivity index (χ1) is 10.2. The lowest BCUT2D eigenvalue weighted by atomic mass is 10.0. The Morgan fingerprint density at radius 2 is 1.90 bits per heavy atom. The van der Waals surface area contributed by atoms with Crippen molar-refractivity contribution in [2.24, 2.45) is 0 Å². The van der Waals surface area contributed by atoms with Gasteiger partial charge in [0.1, 0.15) is 5.75 Å². The van der Waals surface area contributed by atoms with Crippen LogP contribution >= 0.6 is 0 Å². The molecule has 1 aliphatic heterocycles. The molecule has 0 spiro atoms. The number of hydrogen-bond donors (Lipinski definition) is 1. The summed E-state index contributed by atoms with van der Waals surface area (Å²) in [6.07, 6.45) is 10.1. The van der Waals surface area contributed by atoms with Crippen LogP contribution in [0.1, 0.15) is 63.9 Å². The number of aliphatic hydroxyl groups is 1. The Bertz CT molecular complexity index is 411. The third-order valence-corrected chi connectivity index (χ3v) is 4.01. The van der Waals surface area contributed by atoms with Crippen LogP contribution in [0.3, 0.4) is 0 Å². The van der Waals surface area contributed by atoms with Crippen molar-refractivity contribution in [2.45, 2.75) is 70.7 Å². The third kappa shape index (κ3) is 5.33. The fourth-order valence-electron chi connectivity index (χ4n) is 2.76. The molecule has 1 atom stereocenters. The van der Waals surface area contributed by atoms with Crippen LogP contribution in [0.2, 0.25) is 0 Å². The van der Waals surface area contributed by atoms with E-state index < -0.39 is 5.97 Å². The van der Waals surface area contributed by atoms with E-state index in [1.54, 1.807) is 0 Å². The quantitative estimate of drug-likeness (QED) is 0.540. The molecule has 118 valence electrons. The zero-order valence-electron chi connectivity index (χ0n) is 13.1. The molecule has 0 aromatic heterocycles. The molecule has 0 radical (unpaired) electrons.